The molecule has 0 saturated carbocycles. The SMILES string of the molecule is C=CCC(=C)/C=C/[C@@](C)(O)[C@H]1O[C@@H]2C[C@@H]3O[C@@H]4C[C@@H]5O[C@@H]6C[C@@H]7O[C@@H]8C[C@@H]9O[C@@H]%10C[C@@H]%11O[C@](C)(CCOS(=O)(=O)O)[C@@H](OS(=O)(=O)O)C[C@H]%11O[C@H]%10C[C@H]9O[C@H]8CC[C@@]7(C)O[C@@]6(C)CC[C@H](C)[C@H]5O[C@H]4[C@@H](O)[C@@]3(C)O[C@H]2CC1=C. The van der Waals surface area contributed by atoms with Gasteiger partial charge in [-0.3, -0.25) is 9.11 Å². The van der Waals surface area contributed by atoms with E-state index in [0.29, 0.717) is 69.8 Å². The molecule has 11 saturated heterocycles. The minimum atomic E-state index is -4.95. The van der Waals surface area contributed by atoms with Crippen LogP contribution in [-0.4, -0.2) is 193 Å². The summed E-state index contributed by atoms with van der Waals surface area (Å²) in [5.74, 6) is 0.0665. The van der Waals surface area contributed by atoms with Crippen LogP contribution >= 0.6 is 0 Å². The van der Waals surface area contributed by atoms with Gasteiger partial charge in [-0.05, 0) is 84.6 Å². The maximum Gasteiger partial charge on any atom is 0.397 e. The van der Waals surface area contributed by atoms with Gasteiger partial charge in [-0.15, -0.1) is 6.58 Å². The maximum atomic E-state index is 12.3. The third kappa shape index (κ3) is 11.2. The Hall–Kier alpha value is -1.82. The monoisotopic (exact) mass is 1140 g/mol. The van der Waals surface area contributed by atoms with Gasteiger partial charge >= 0.3 is 20.8 Å². The lowest BCUT2D eigenvalue weighted by atomic mass is 9.73. The predicted octanol–water partition coefficient (Wildman–Crippen LogP) is 5.06. The first-order valence-electron chi connectivity index (χ1n) is 28.2. The van der Waals surface area contributed by atoms with E-state index in [0.717, 1.165) is 18.4 Å². The van der Waals surface area contributed by atoms with Gasteiger partial charge in [-0.2, -0.15) is 16.8 Å². The molecule has 0 aromatic carbocycles. The van der Waals surface area contributed by atoms with E-state index < -0.39 is 129 Å². The summed E-state index contributed by atoms with van der Waals surface area (Å²) in [6.07, 6.45) is 1.75. The van der Waals surface area contributed by atoms with Crippen molar-refractivity contribution < 1.29 is 96.6 Å². The summed E-state index contributed by atoms with van der Waals surface area (Å²) in [6.45, 7) is 23.2. The van der Waals surface area contributed by atoms with Crippen LogP contribution in [0.3, 0.4) is 0 Å². The molecule has 11 fully saturated rings. The highest BCUT2D eigenvalue weighted by Gasteiger charge is 2.65. The van der Waals surface area contributed by atoms with Crippen LogP contribution in [-0.2, 0) is 81.3 Å². The van der Waals surface area contributed by atoms with Crippen molar-refractivity contribution in [1.29, 1.82) is 0 Å². The molecule has 0 bridgehead atoms. The van der Waals surface area contributed by atoms with Crippen LogP contribution in [0.5, 0.6) is 0 Å². The zero-order valence-corrected chi connectivity index (χ0v) is 47.3. The lowest BCUT2D eigenvalue weighted by Crippen LogP contribution is -2.74. The highest BCUT2D eigenvalue weighted by atomic mass is 32.3. The Morgan fingerprint density at radius 2 is 1.26 bits per heavy atom. The summed E-state index contributed by atoms with van der Waals surface area (Å²) in [5.41, 5.74) is -3.71. The molecule has 0 aliphatic carbocycles. The highest BCUT2D eigenvalue weighted by molar-refractivity contribution is 7.81. The Balaban J connectivity index is 0.749. The molecule has 11 aliphatic heterocycles. The van der Waals surface area contributed by atoms with Gasteiger partial charge in [-0.1, -0.05) is 43.9 Å². The van der Waals surface area contributed by atoms with E-state index in [1.807, 2.05) is 6.92 Å². The number of allylic oxidation sites excluding steroid dienone is 3. The second-order valence-electron chi connectivity index (χ2n) is 25.5. The topological polar surface area (TPSA) is 269 Å². The Morgan fingerprint density at radius 3 is 1.91 bits per heavy atom. The standard InChI is InChI=1S/C55H82O21S2/c1-10-11-28(2)12-15-51(5,57)50-30(4)20-39-38(71-50)26-46-55(9,74-39)49(56)48-42(70-46)24-41-47(72-48)29(3)13-16-53(7)44(69-41)27-43-54(8,76-53)17-14-31-32(68-43)21-34-33(65-31)22-35-36(66-34)23-40-37(67-35)25-45(75-78(61,62)63)52(6,73-40)18-19-64-77(58,59)60/h10,12,15,29,31-50,56-57H,1-2,4,11,13-14,16-27H2,3,5-9H3,(H,58,59,60)(H,61,62,63)/b15-12+/t29-,31-,32+,33+,34-,35-,36+,37+,38+,39-,40-,41-,42+,43-,44+,45-,46-,47+,48+,49+,50-,51+,52+,53-,54+,55-/m0/s1. The van der Waals surface area contributed by atoms with Crippen molar-refractivity contribution in [3.8, 4) is 0 Å². The van der Waals surface area contributed by atoms with Crippen LogP contribution in [0.15, 0.2) is 49.1 Å². The van der Waals surface area contributed by atoms with Gasteiger partial charge in [0.15, 0.2) is 0 Å². The van der Waals surface area contributed by atoms with Gasteiger partial charge in [0.25, 0.3) is 0 Å². The zero-order valence-electron chi connectivity index (χ0n) is 45.6. The zero-order chi connectivity index (χ0) is 55.7. The summed E-state index contributed by atoms with van der Waals surface area (Å²) in [7, 11) is -9.74. The summed E-state index contributed by atoms with van der Waals surface area (Å²) in [4.78, 5) is 0. The number of aliphatic hydroxyl groups is 2. The predicted molar refractivity (Wildman–Crippen MR) is 276 cm³/mol. The van der Waals surface area contributed by atoms with Crippen LogP contribution in [0, 0.1) is 5.92 Å². The second kappa shape index (κ2) is 21.1. The maximum absolute atomic E-state index is 12.3. The number of rotatable bonds is 11. The Labute approximate surface area is 458 Å². The van der Waals surface area contributed by atoms with Crippen molar-refractivity contribution in [3.05, 3.63) is 49.1 Å². The number of hydrogen-bond donors (Lipinski definition) is 4. The Morgan fingerprint density at radius 1 is 0.692 bits per heavy atom. The van der Waals surface area contributed by atoms with Crippen LogP contribution < -0.4 is 0 Å². The normalized spacial score (nSPS) is 51.0. The molecular formula is C55H82O21S2. The van der Waals surface area contributed by atoms with Crippen LogP contribution in [0.4, 0.5) is 0 Å². The van der Waals surface area contributed by atoms with E-state index in [4.69, 9.17) is 60.8 Å². The largest absolute Gasteiger partial charge is 0.397 e. The lowest BCUT2D eigenvalue weighted by molar-refractivity contribution is -0.369. The molecule has 21 nitrogen and oxygen atoms in total. The van der Waals surface area contributed by atoms with Crippen molar-refractivity contribution in [1.82, 2.24) is 0 Å². The van der Waals surface area contributed by atoms with Crippen LogP contribution in [0.2, 0.25) is 0 Å². The fourth-order valence-corrected chi connectivity index (χ4v) is 16.2. The van der Waals surface area contributed by atoms with Crippen molar-refractivity contribution in [2.45, 2.75) is 282 Å². The quantitative estimate of drug-likeness (QED) is 0.120. The van der Waals surface area contributed by atoms with Crippen molar-refractivity contribution >= 4 is 20.8 Å². The molecule has 0 aromatic heterocycles. The second-order valence-corrected chi connectivity index (χ2v) is 27.7. The van der Waals surface area contributed by atoms with Gasteiger partial charge in [0.2, 0.25) is 0 Å². The number of ether oxygens (including phenoxy) is 11. The molecule has 11 aliphatic rings. The highest BCUT2D eigenvalue weighted by Crippen LogP contribution is 2.54. The molecular weight excluding hydrogens is 1060 g/mol. The summed E-state index contributed by atoms with van der Waals surface area (Å²) in [5, 5.41) is 24.0. The third-order valence-electron chi connectivity index (χ3n) is 19.6. The third-order valence-corrected chi connectivity index (χ3v) is 20.6. The van der Waals surface area contributed by atoms with Gasteiger partial charge in [-0.25, -0.2) is 8.37 Å². The molecule has 0 aromatic rings. The van der Waals surface area contributed by atoms with Crippen molar-refractivity contribution in [3.63, 3.8) is 0 Å². The van der Waals surface area contributed by atoms with Gasteiger partial charge in [0, 0.05) is 51.4 Å². The van der Waals surface area contributed by atoms with Crippen molar-refractivity contribution in [2.75, 3.05) is 6.61 Å². The first-order valence-corrected chi connectivity index (χ1v) is 30.9. The van der Waals surface area contributed by atoms with E-state index in [2.05, 4.69) is 44.7 Å². The molecule has 11 rings (SSSR count). The van der Waals surface area contributed by atoms with E-state index in [1.54, 1.807) is 25.2 Å². The van der Waals surface area contributed by atoms with Crippen molar-refractivity contribution in [2.24, 2.45) is 5.92 Å². The average molecular weight is 1140 g/mol. The van der Waals surface area contributed by atoms with Gasteiger partial charge in [0.05, 0.1) is 121 Å². The first kappa shape index (κ1) is 58.0. The average Bonchev–Trinajstić information content (AvgIpc) is 3.48. The molecule has 440 valence electrons. The Bertz CT molecular complexity index is 2540. The fraction of sp³-hybridized carbons (Fsp3) is 0.855. The molecule has 26 atom stereocenters. The molecule has 4 N–H and O–H groups in total. The molecule has 0 radical (unpaired) electrons. The minimum Gasteiger partial charge on any atom is -0.387 e. The minimum absolute atomic E-state index is 0.00240. The molecule has 78 heavy (non-hydrogen) atoms. The van der Waals surface area contributed by atoms with Crippen LogP contribution in [0.25, 0.3) is 0 Å². The van der Waals surface area contributed by atoms with E-state index in [-0.39, 0.29) is 67.6 Å². The first-order chi connectivity index (χ1) is 36.5. The molecule has 0 unspecified atom stereocenters. The Kier molecular flexibility index (Phi) is 15.6. The lowest BCUT2D eigenvalue weighted by Gasteiger charge is -2.61. The number of hydrogen-bond acceptors (Lipinski definition) is 19. The summed E-state index contributed by atoms with van der Waals surface area (Å²) >= 11 is 0. The van der Waals surface area contributed by atoms with Gasteiger partial charge < -0.3 is 62.3 Å². The molecule has 0 spiro atoms. The smallest absolute Gasteiger partial charge is 0.387 e. The van der Waals surface area contributed by atoms with Gasteiger partial charge in [0.1, 0.15) is 35.6 Å². The van der Waals surface area contributed by atoms with E-state index in [9.17, 15) is 31.6 Å². The number of fused-ring (bicyclic) bond motifs is 10. The van der Waals surface area contributed by atoms with E-state index >= 15 is 0 Å². The summed E-state index contributed by atoms with van der Waals surface area (Å²) in [6, 6.07) is 0. The summed E-state index contributed by atoms with van der Waals surface area (Å²) < 4.78 is 151. The fourth-order valence-electron chi connectivity index (χ4n) is 15.3. The molecule has 11 heterocycles. The molecule has 23 heteroatoms. The molecule has 0 amide bonds. The number of aliphatic hydroxyl groups excluding tert-OH is 1. The van der Waals surface area contributed by atoms with E-state index in [1.165, 1.54) is 6.92 Å². The van der Waals surface area contributed by atoms with Crippen LogP contribution in [0.1, 0.15) is 131 Å².